The number of amides is 1. The fourth-order valence-corrected chi connectivity index (χ4v) is 1.36. The third kappa shape index (κ3) is 4.46. The second kappa shape index (κ2) is 7.20. The molecule has 1 aromatic rings. The number of rotatable bonds is 6. The number of Topliss-reactive ketones (excluding diaryl/α,β-unsaturated/α-hetero) is 1. The van der Waals surface area contributed by atoms with Gasteiger partial charge in [-0.25, -0.2) is 0 Å². The molecular formula is C14H17NO4. The summed E-state index contributed by atoms with van der Waals surface area (Å²) in [6, 6.07) is 6.88. The maximum Gasteiger partial charge on any atom is 0.262 e. The lowest BCUT2D eigenvalue weighted by Crippen LogP contribution is -2.19. The highest BCUT2D eigenvalue weighted by Gasteiger charge is 2.15. The van der Waals surface area contributed by atoms with Crippen LogP contribution in [0.1, 0.15) is 13.8 Å². The number of hydrogen-bond donors (Lipinski definition) is 1. The van der Waals surface area contributed by atoms with Gasteiger partial charge < -0.3 is 14.8 Å². The van der Waals surface area contributed by atoms with Gasteiger partial charge in [0.2, 0.25) is 0 Å². The zero-order valence-electron chi connectivity index (χ0n) is 11.2. The number of ketones is 1. The molecule has 5 nitrogen and oxygen atoms in total. The number of ether oxygens (including phenoxy) is 2. The summed E-state index contributed by atoms with van der Waals surface area (Å²) in [5.41, 5.74) is 0.526. The van der Waals surface area contributed by atoms with Crippen molar-refractivity contribution in [1.29, 1.82) is 0 Å². The summed E-state index contributed by atoms with van der Waals surface area (Å²) in [4.78, 5) is 23.3. The van der Waals surface area contributed by atoms with Gasteiger partial charge >= 0.3 is 0 Å². The number of nitrogens with one attached hydrogen (secondary N) is 1. The average molecular weight is 263 g/mol. The highest BCUT2D eigenvalue weighted by Crippen LogP contribution is 2.17. The SMILES string of the molecule is CCOC=C(C(C)=O)C(=O)Nc1cccc(OC)c1. The van der Waals surface area contributed by atoms with Crippen LogP contribution in [0.5, 0.6) is 5.75 Å². The van der Waals surface area contributed by atoms with Crippen molar-refractivity contribution in [3.8, 4) is 5.75 Å². The molecule has 0 fully saturated rings. The summed E-state index contributed by atoms with van der Waals surface area (Å²) in [5, 5.41) is 2.62. The molecule has 0 bridgehead atoms. The molecule has 0 atom stereocenters. The Kier molecular flexibility index (Phi) is 5.60. The first-order valence-electron chi connectivity index (χ1n) is 5.86. The van der Waals surface area contributed by atoms with E-state index in [2.05, 4.69) is 5.32 Å². The molecule has 0 heterocycles. The molecule has 1 rings (SSSR count). The molecular weight excluding hydrogens is 246 g/mol. The number of benzene rings is 1. The average Bonchev–Trinajstić information content (AvgIpc) is 2.39. The van der Waals surface area contributed by atoms with E-state index in [0.717, 1.165) is 0 Å². The summed E-state index contributed by atoms with van der Waals surface area (Å²) in [7, 11) is 1.54. The van der Waals surface area contributed by atoms with Gasteiger partial charge in [-0.05, 0) is 26.0 Å². The molecule has 0 saturated heterocycles. The van der Waals surface area contributed by atoms with Crippen molar-refractivity contribution in [2.45, 2.75) is 13.8 Å². The van der Waals surface area contributed by atoms with E-state index in [1.54, 1.807) is 31.2 Å². The first kappa shape index (κ1) is 14.8. The van der Waals surface area contributed by atoms with Crippen LogP contribution < -0.4 is 10.1 Å². The second-order valence-corrected chi connectivity index (χ2v) is 3.73. The molecule has 1 aromatic carbocycles. The molecule has 5 heteroatoms. The molecule has 0 saturated carbocycles. The summed E-state index contributed by atoms with van der Waals surface area (Å²) >= 11 is 0. The third-order valence-corrected chi connectivity index (χ3v) is 2.32. The first-order chi connectivity index (χ1) is 9.08. The van der Waals surface area contributed by atoms with Crippen LogP contribution in [-0.4, -0.2) is 25.4 Å². The predicted molar refractivity (Wildman–Crippen MR) is 72.0 cm³/mol. The fraction of sp³-hybridized carbons (Fsp3) is 0.286. The van der Waals surface area contributed by atoms with Crippen LogP contribution >= 0.6 is 0 Å². The van der Waals surface area contributed by atoms with Gasteiger partial charge in [-0.2, -0.15) is 0 Å². The third-order valence-electron chi connectivity index (χ3n) is 2.32. The maximum absolute atomic E-state index is 11.9. The van der Waals surface area contributed by atoms with Crippen LogP contribution in [0, 0.1) is 0 Å². The predicted octanol–water partition coefficient (Wildman–Crippen LogP) is 2.14. The Morgan fingerprint density at radius 2 is 2.11 bits per heavy atom. The highest BCUT2D eigenvalue weighted by atomic mass is 16.5. The Morgan fingerprint density at radius 3 is 2.68 bits per heavy atom. The number of hydrogen-bond acceptors (Lipinski definition) is 4. The van der Waals surface area contributed by atoms with E-state index in [1.165, 1.54) is 20.3 Å². The van der Waals surface area contributed by atoms with E-state index in [4.69, 9.17) is 9.47 Å². The van der Waals surface area contributed by atoms with Crippen molar-refractivity contribution in [2.24, 2.45) is 0 Å². The standard InChI is InChI=1S/C14H17NO4/c1-4-19-9-13(10(2)16)14(17)15-11-6-5-7-12(8-11)18-3/h5-9H,4H2,1-3H3,(H,15,17). The van der Waals surface area contributed by atoms with Gasteiger partial charge in [-0.15, -0.1) is 0 Å². The molecule has 19 heavy (non-hydrogen) atoms. The Balaban J connectivity index is 2.84. The van der Waals surface area contributed by atoms with Crippen molar-refractivity contribution < 1.29 is 19.1 Å². The highest BCUT2D eigenvalue weighted by molar-refractivity contribution is 6.22. The van der Waals surface area contributed by atoms with Gasteiger partial charge in [-0.1, -0.05) is 6.07 Å². The zero-order chi connectivity index (χ0) is 14.3. The topological polar surface area (TPSA) is 64.6 Å². The number of carbonyl (C=O) groups is 2. The normalized spacial score (nSPS) is 10.8. The monoisotopic (exact) mass is 263 g/mol. The van der Waals surface area contributed by atoms with Crippen LogP contribution in [0.25, 0.3) is 0 Å². The summed E-state index contributed by atoms with van der Waals surface area (Å²) in [6.45, 7) is 3.48. The first-order valence-corrected chi connectivity index (χ1v) is 5.86. The minimum atomic E-state index is -0.505. The Bertz CT molecular complexity index is 494. The van der Waals surface area contributed by atoms with Crippen molar-refractivity contribution >= 4 is 17.4 Å². The number of anilines is 1. The fourth-order valence-electron chi connectivity index (χ4n) is 1.36. The van der Waals surface area contributed by atoms with Crippen molar-refractivity contribution in [3.05, 3.63) is 36.1 Å². The van der Waals surface area contributed by atoms with Gasteiger partial charge in [0.25, 0.3) is 5.91 Å². The Morgan fingerprint density at radius 1 is 1.37 bits per heavy atom. The van der Waals surface area contributed by atoms with Crippen molar-refractivity contribution in [2.75, 3.05) is 19.0 Å². The molecule has 102 valence electrons. The van der Waals surface area contributed by atoms with Crippen LogP contribution in [0.3, 0.4) is 0 Å². The van der Waals surface area contributed by atoms with Gasteiger partial charge in [0, 0.05) is 11.8 Å². The van der Waals surface area contributed by atoms with E-state index < -0.39 is 5.91 Å². The van der Waals surface area contributed by atoms with Crippen LogP contribution in [0.2, 0.25) is 0 Å². The number of carbonyl (C=O) groups excluding carboxylic acids is 2. The largest absolute Gasteiger partial charge is 0.501 e. The molecule has 0 radical (unpaired) electrons. The molecule has 0 aliphatic heterocycles. The maximum atomic E-state index is 11.9. The number of methoxy groups -OCH3 is 1. The zero-order valence-corrected chi connectivity index (χ0v) is 11.2. The van der Waals surface area contributed by atoms with Crippen LogP contribution in [0.15, 0.2) is 36.1 Å². The molecule has 0 aliphatic carbocycles. The van der Waals surface area contributed by atoms with Gasteiger partial charge in [0.1, 0.15) is 11.3 Å². The quantitative estimate of drug-likeness (QED) is 0.369. The van der Waals surface area contributed by atoms with Gasteiger partial charge in [0.05, 0.1) is 20.0 Å². The second-order valence-electron chi connectivity index (χ2n) is 3.73. The van der Waals surface area contributed by atoms with Crippen molar-refractivity contribution in [1.82, 2.24) is 0 Å². The van der Waals surface area contributed by atoms with Crippen LogP contribution in [0.4, 0.5) is 5.69 Å². The molecule has 0 spiro atoms. The van der Waals surface area contributed by atoms with Gasteiger partial charge in [-0.3, -0.25) is 9.59 Å². The molecule has 1 N–H and O–H groups in total. The van der Waals surface area contributed by atoms with Crippen molar-refractivity contribution in [3.63, 3.8) is 0 Å². The lowest BCUT2D eigenvalue weighted by molar-refractivity contribution is -0.119. The van der Waals surface area contributed by atoms with Gasteiger partial charge in [0.15, 0.2) is 5.78 Å². The Labute approximate surface area is 112 Å². The molecule has 0 unspecified atom stereocenters. The molecule has 0 aromatic heterocycles. The minimum Gasteiger partial charge on any atom is -0.501 e. The van der Waals surface area contributed by atoms with E-state index in [1.807, 2.05) is 0 Å². The summed E-state index contributed by atoms with van der Waals surface area (Å²) < 4.78 is 10.0. The van der Waals surface area contributed by atoms with Crippen LogP contribution in [-0.2, 0) is 14.3 Å². The summed E-state index contributed by atoms with van der Waals surface area (Å²) in [6.07, 6.45) is 1.18. The minimum absolute atomic E-state index is 0.0235. The van der Waals surface area contributed by atoms with E-state index in [9.17, 15) is 9.59 Å². The van der Waals surface area contributed by atoms with E-state index in [0.29, 0.717) is 18.0 Å². The lowest BCUT2D eigenvalue weighted by Gasteiger charge is -2.08. The molecule has 1 amide bonds. The van der Waals surface area contributed by atoms with E-state index >= 15 is 0 Å². The Hall–Kier alpha value is -2.30. The molecule has 0 aliphatic rings. The van der Waals surface area contributed by atoms with E-state index in [-0.39, 0.29) is 11.4 Å². The smallest absolute Gasteiger partial charge is 0.262 e. The summed E-state index contributed by atoms with van der Waals surface area (Å²) in [5.74, 6) is -0.237. The lowest BCUT2D eigenvalue weighted by atomic mass is 10.2.